The zero-order valence-electron chi connectivity index (χ0n) is 31.6. The van der Waals surface area contributed by atoms with E-state index in [0.29, 0.717) is 0 Å². The van der Waals surface area contributed by atoms with E-state index in [9.17, 15) is 0 Å². The number of hydrogen-bond acceptors (Lipinski definition) is 2. The van der Waals surface area contributed by atoms with Gasteiger partial charge >= 0.3 is 0 Å². The quantitative estimate of drug-likeness (QED) is 0.169. The standard InChI is InChI=1S/C55H36N2O/c1-4-17-37(18-5-1)55(48-27-13-10-23-42(48)43-24-11-14-28-49(43)55)50-29-16-26-46-45-33-31-41(36-53(45)58-54(46)50)56(38-19-6-2-7-20-38)40-32-34-52-47(35-40)44-25-12-15-30-51(44)57(52)39-21-8-3-9-22-39/h1-36H. The summed E-state index contributed by atoms with van der Waals surface area (Å²) in [7, 11) is 0. The van der Waals surface area contributed by atoms with E-state index < -0.39 is 5.41 Å². The molecule has 0 N–H and O–H groups in total. The second-order valence-corrected chi connectivity index (χ2v) is 15.2. The predicted molar refractivity (Wildman–Crippen MR) is 240 cm³/mol. The van der Waals surface area contributed by atoms with Crippen LogP contribution in [0.25, 0.3) is 60.6 Å². The van der Waals surface area contributed by atoms with Crippen molar-refractivity contribution in [2.45, 2.75) is 5.41 Å². The Balaban J connectivity index is 1.08. The fourth-order valence-corrected chi connectivity index (χ4v) is 9.88. The van der Waals surface area contributed by atoms with E-state index >= 15 is 0 Å². The zero-order chi connectivity index (χ0) is 38.2. The Hall–Kier alpha value is -7.62. The molecule has 272 valence electrons. The Morgan fingerprint density at radius 1 is 0.379 bits per heavy atom. The molecule has 1 aliphatic rings. The summed E-state index contributed by atoms with van der Waals surface area (Å²) in [4.78, 5) is 2.34. The fourth-order valence-electron chi connectivity index (χ4n) is 9.88. The summed E-state index contributed by atoms with van der Waals surface area (Å²) >= 11 is 0. The van der Waals surface area contributed by atoms with E-state index in [4.69, 9.17) is 4.42 Å². The Morgan fingerprint density at radius 2 is 0.948 bits per heavy atom. The highest BCUT2D eigenvalue weighted by Gasteiger charge is 2.47. The highest BCUT2D eigenvalue weighted by Crippen LogP contribution is 2.57. The normalized spacial score (nSPS) is 13.0. The maximum absolute atomic E-state index is 7.19. The Labute approximate surface area is 336 Å². The highest BCUT2D eigenvalue weighted by atomic mass is 16.3. The van der Waals surface area contributed by atoms with Crippen molar-refractivity contribution in [3.63, 3.8) is 0 Å². The molecule has 0 saturated heterocycles. The third kappa shape index (κ3) is 4.62. The molecule has 12 rings (SSSR count). The van der Waals surface area contributed by atoms with Crippen LogP contribution in [0.2, 0.25) is 0 Å². The zero-order valence-corrected chi connectivity index (χ0v) is 31.6. The average molecular weight is 741 g/mol. The molecule has 0 aliphatic heterocycles. The number of para-hydroxylation sites is 4. The molecule has 0 amide bonds. The van der Waals surface area contributed by atoms with Crippen LogP contribution in [0.4, 0.5) is 17.1 Å². The molecule has 0 unspecified atom stereocenters. The predicted octanol–water partition coefficient (Wildman–Crippen LogP) is 14.5. The van der Waals surface area contributed by atoms with Crippen molar-refractivity contribution in [1.82, 2.24) is 4.57 Å². The number of aromatic nitrogens is 1. The molecular weight excluding hydrogens is 705 g/mol. The molecule has 3 heteroatoms. The van der Waals surface area contributed by atoms with Crippen LogP contribution in [-0.4, -0.2) is 4.57 Å². The first-order chi connectivity index (χ1) is 28.8. The minimum absolute atomic E-state index is 0.560. The number of benzene rings is 9. The lowest BCUT2D eigenvalue weighted by atomic mass is 9.67. The van der Waals surface area contributed by atoms with Gasteiger partial charge in [0.25, 0.3) is 0 Å². The lowest BCUT2D eigenvalue weighted by Gasteiger charge is -2.33. The van der Waals surface area contributed by atoms with Crippen molar-refractivity contribution >= 4 is 60.8 Å². The minimum atomic E-state index is -0.560. The van der Waals surface area contributed by atoms with Crippen molar-refractivity contribution in [2.75, 3.05) is 4.90 Å². The van der Waals surface area contributed by atoms with Gasteiger partial charge in [0.05, 0.1) is 16.4 Å². The van der Waals surface area contributed by atoms with Gasteiger partial charge < -0.3 is 13.9 Å². The molecule has 2 aromatic heterocycles. The van der Waals surface area contributed by atoms with Crippen molar-refractivity contribution in [2.24, 2.45) is 0 Å². The maximum Gasteiger partial charge on any atom is 0.140 e. The topological polar surface area (TPSA) is 21.3 Å². The average Bonchev–Trinajstić information content (AvgIpc) is 3.94. The summed E-state index contributed by atoms with van der Waals surface area (Å²) < 4.78 is 9.55. The molecule has 0 spiro atoms. The molecule has 1 aliphatic carbocycles. The van der Waals surface area contributed by atoms with Gasteiger partial charge in [0, 0.05) is 55.9 Å². The van der Waals surface area contributed by atoms with Gasteiger partial charge in [-0.25, -0.2) is 0 Å². The van der Waals surface area contributed by atoms with Gasteiger partial charge in [0.2, 0.25) is 0 Å². The fraction of sp³-hybridized carbons (Fsp3) is 0.0182. The summed E-state index contributed by atoms with van der Waals surface area (Å²) in [6.07, 6.45) is 0. The SMILES string of the molecule is c1ccc(N(c2ccc3c(c2)oc2c(C4(c5ccccc5)c5ccccc5-c5ccccc54)cccc23)c2ccc3c(c2)c2ccccc2n3-c2ccccc2)cc1. The monoisotopic (exact) mass is 740 g/mol. The second kappa shape index (κ2) is 12.7. The number of furan rings is 1. The van der Waals surface area contributed by atoms with Gasteiger partial charge in [0.1, 0.15) is 11.2 Å². The summed E-state index contributed by atoms with van der Waals surface area (Å²) in [5, 5.41) is 4.63. The summed E-state index contributed by atoms with van der Waals surface area (Å²) in [6.45, 7) is 0. The van der Waals surface area contributed by atoms with E-state index in [-0.39, 0.29) is 0 Å². The van der Waals surface area contributed by atoms with E-state index in [0.717, 1.165) is 50.3 Å². The highest BCUT2D eigenvalue weighted by molar-refractivity contribution is 6.11. The van der Waals surface area contributed by atoms with E-state index in [1.165, 1.54) is 49.6 Å². The molecule has 3 nitrogen and oxygen atoms in total. The first kappa shape index (κ1) is 32.6. The van der Waals surface area contributed by atoms with Gasteiger partial charge in [-0.05, 0) is 88.5 Å². The van der Waals surface area contributed by atoms with E-state index in [2.05, 4.69) is 228 Å². The Kier molecular flexibility index (Phi) is 7.14. The second-order valence-electron chi connectivity index (χ2n) is 15.2. The number of fused-ring (bicyclic) bond motifs is 9. The number of hydrogen-bond donors (Lipinski definition) is 0. The summed E-state index contributed by atoms with van der Waals surface area (Å²) in [6, 6.07) is 78.9. The molecule has 0 bridgehead atoms. The Morgan fingerprint density at radius 3 is 1.71 bits per heavy atom. The van der Waals surface area contributed by atoms with Crippen LogP contribution in [0.1, 0.15) is 22.3 Å². The third-order valence-electron chi connectivity index (χ3n) is 12.2. The molecular formula is C55H36N2O. The largest absolute Gasteiger partial charge is 0.456 e. The van der Waals surface area contributed by atoms with Crippen LogP contribution in [-0.2, 0) is 5.41 Å². The van der Waals surface area contributed by atoms with Crippen LogP contribution in [0.3, 0.4) is 0 Å². The van der Waals surface area contributed by atoms with Gasteiger partial charge in [-0.2, -0.15) is 0 Å². The van der Waals surface area contributed by atoms with E-state index in [1.807, 2.05) is 0 Å². The van der Waals surface area contributed by atoms with Crippen LogP contribution < -0.4 is 4.90 Å². The van der Waals surface area contributed by atoms with Gasteiger partial charge in [-0.3, -0.25) is 0 Å². The van der Waals surface area contributed by atoms with Crippen LogP contribution >= 0.6 is 0 Å². The molecule has 0 radical (unpaired) electrons. The van der Waals surface area contributed by atoms with E-state index in [1.54, 1.807) is 0 Å². The van der Waals surface area contributed by atoms with Gasteiger partial charge in [-0.1, -0.05) is 152 Å². The smallest absolute Gasteiger partial charge is 0.140 e. The van der Waals surface area contributed by atoms with Gasteiger partial charge in [-0.15, -0.1) is 0 Å². The first-order valence-electron chi connectivity index (χ1n) is 19.9. The molecule has 9 aromatic carbocycles. The van der Waals surface area contributed by atoms with Crippen molar-refractivity contribution in [3.05, 3.63) is 241 Å². The third-order valence-corrected chi connectivity index (χ3v) is 12.2. The summed E-state index contributed by atoms with van der Waals surface area (Å²) in [5.74, 6) is 0. The lowest BCUT2D eigenvalue weighted by Crippen LogP contribution is -2.28. The molecule has 0 saturated carbocycles. The van der Waals surface area contributed by atoms with Crippen molar-refractivity contribution in [1.29, 1.82) is 0 Å². The van der Waals surface area contributed by atoms with Crippen LogP contribution in [0.5, 0.6) is 0 Å². The van der Waals surface area contributed by atoms with Crippen molar-refractivity contribution < 1.29 is 4.42 Å². The van der Waals surface area contributed by atoms with Crippen molar-refractivity contribution in [3.8, 4) is 16.8 Å². The maximum atomic E-state index is 7.19. The lowest BCUT2D eigenvalue weighted by molar-refractivity contribution is 0.648. The van der Waals surface area contributed by atoms with Crippen LogP contribution in [0.15, 0.2) is 223 Å². The number of anilines is 3. The van der Waals surface area contributed by atoms with Crippen LogP contribution in [0, 0.1) is 0 Å². The number of rotatable bonds is 6. The van der Waals surface area contributed by atoms with Gasteiger partial charge in [0.15, 0.2) is 0 Å². The molecule has 58 heavy (non-hydrogen) atoms. The molecule has 11 aromatic rings. The first-order valence-corrected chi connectivity index (χ1v) is 19.9. The molecule has 0 fully saturated rings. The Bertz CT molecular complexity index is 3300. The number of nitrogens with zero attached hydrogens (tertiary/aromatic N) is 2. The minimum Gasteiger partial charge on any atom is -0.456 e. The molecule has 0 atom stereocenters. The summed E-state index contributed by atoms with van der Waals surface area (Å²) in [5.41, 5.74) is 15.3. The molecule has 2 heterocycles.